The number of amides is 1. The maximum atomic E-state index is 12.8. The molecule has 1 amide bonds. The summed E-state index contributed by atoms with van der Waals surface area (Å²) in [6.07, 6.45) is 15.0. The molecule has 3 aliphatic heterocycles. The summed E-state index contributed by atoms with van der Waals surface area (Å²) in [6, 6.07) is 9.85. The van der Waals surface area contributed by atoms with Gasteiger partial charge in [0.15, 0.2) is 6.29 Å². The molecule has 0 aromatic heterocycles. The number of carbonyl (C=O) groups excluding carboxylic acids is 2. The number of carbonyl (C=O) groups is 2. The van der Waals surface area contributed by atoms with Crippen molar-refractivity contribution in [1.29, 1.82) is 0 Å². The van der Waals surface area contributed by atoms with Gasteiger partial charge in [0.2, 0.25) is 12.2 Å². The molecule has 1 fully saturated rings. The lowest BCUT2D eigenvalue weighted by Gasteiger charge is -2.37. The van der Waals surface area contributed by atoms with Crippen molar-refractivity contribution in [3.63, 3.8) is 0 Å². The highest BCUT2D eigenvalue weighted by Crippen LogP contribution is 2.39. The van der Waals surface area contributed by atoms with Crippen molar-refractivity contribution < 1.29 is 9.59 Å². The quantitative estimate of drug-likeness (QED) is 0.340. The van der Waals surface area contributed by atoms with Gasteiger partial charge in [-0.3, -0.25) is 9.59 Å². The monoisotopic (exact) mass is 552 g/mol. The van der Waals surface area contributed by atoms with Gasteiger partial charge in [0.25, 0.3) is 0 Å². The minimum Gasteiger partial charge on any atom is -0.362 e. The number of aliphatic imine (C=N–C) groups is 2. The maximum absolute atomic E-state index is 12.8. The van der Waals surface area contributed by atoms with E-state index < -0.39 is 0 Å². The number of nitrogens with one attached hydrogen (secondary N) is 1. The van der Waals surface area contributed by atoms with Gasteiger partial charge in [-0.05, 0) is 67.2 Å². The molecule has 0 spiro atoms. The molecule has 8 nitrogen and oxygen atoms in total. The summed E-state index contributed by atoms with van der Waals surface area (Å²) >= 11 is 0. The Balaban J connectivity index is 1.40. The molecule has 2 aromatic rings. The van der Waals surface area contributed by atoms with E-state index in [1.165, 1.54) is 5.56 Å². The Morgan fingerprint density at radius 2 is 1.95 bits per heavy atom. The third kappa shape index (κ3) is 5.69. The number of benzene rings is 2. The second kappa shape index (κ2) is 12.5. The first-order valence-electron chi connectivity index (χ1n) is 14.6. The van der Waals surface area contributed by atoms with Crippen LogP contribution in [-0.2, 0) is 4.79 Å². The molecule has 2 unspecified atom stereocenters. The number of likely N-dealkylation sites (tertiary alicyclic amines) is 1. The third-order valence-electron chi connectivity index (χ3n) is 8.50. The lowest BCUT2D eigenvalue weighted by atomic mass is 9.85. The number of aldehydes is 1. The first kappa shape index (κ1) is 28.3. The van der Waals surface area contributed by atoms with Crippen LogP contribution in [0.5, 0.6) is 0 Å². The van der Waals surface area contributed by atoms with E-state index in [2.05, 4.69) is 66.5 Å². The smallest absolute Gasteiger partial charge is 0.242 e. The Morgan fingerprint density at radius 3 is 2.66 bits per heavy atom. The second-order valence-corrected chi connectivity index (χ2v) is 10.8. The summed E-state index contributed by atoms with van der Waals surface area (Å²) in [7, 11) is 3.60. The van der Waals surface area contributed by atoms with Gasteiger partial charge in [0, 0.05) is 61.9 Å². The van der Waals surface area contributed by atoms with Gasteiger partial charge in [0.05, 0.1) is 0 Å². The van der Waals surface area contributed by atoms with Crippen LogP contribution in [0, 0.1) is 0 Å². The zero-order chi connectivity index (χ0) is 28.9. The average molecular weight is 553 g/mol. The number of rotatable bonds is 9. The number of hydrogen-bond acceptors (Lipinski definition) is 7. The number of anilines is 1. The molecule has 3 aliphatic rings. The van der Waals surface area contributed by atoms with Crippen LogP contribution in [-0.4, -0.2) is 73.1 Å². The summed E-state index contributed by atoms with van der Waals surface area (Å²) in [5.74, 6) is 1.30. The number of likely N-dealkylation sites (N-methyl/N-ethyl adjacent to an activating group) is 2. The number of piperidine rings is 1. The summed E-state index contributed by atoms with van der Waals surface area (Å²) in [4.78, 5) is 41.2. The van der Waals surface area contributed by atoms with Gasteiger partial charge in [-0.25, -0.2) is 9.98 Å². The first-order chi connectivity index (χ1) is 20.0. The molecule has 0 aliphatic carbocycles. The molecule has 0 radical (unpaired) electrons. The van der Waals surface area contributed by atoms with E-state index in [1.54, 1.807) is 7.05 Å². The van der Waals surface area contributed by atoms with Gasteiger partial charge in [0.1, 0.15) is 11.9 Å². The maximum Gasteiger partial charge on any atom is 0.242 e. The molecule has 214 valence electrons. The Kier molecular flexibility index (Phi) is 8.67. The second-order valence-electron chi connectivity index (χ2n) is 10.8. The van der Waals surface area contributed by atoms with Crippen molar-refractivity contribution in [1.82, 2.24) is 15.1 Å². The van der Waals surface area contributed by atoms with Gasteiger partial charge in [-0.15, -0.1) is 6.58 Å². The van der Waals surface area contributed by atoms with E-state index in [-0.39, 0.29) is 18.2 Å². The Morgan fingerprint density at radius 1 is 1.17 bits per heavy atom. The Hall–Kier alpha value is -4.20. The number of allylic oxidation sites excluding steroid dienone is 2. The van der Waals surface area contributed by atoms with Crippen LogP contribution < -0.4 is 10.2 Å². The van der Waals surface area contributed by atoms with E-state index in [0.29, 0.717) is 17.9 Å². The highest BCUT2D eigenvalue weighted by Gasteiger charge is 2.29. The van der Waals surface area contributed by atoms with Crippen molar-refractivity contribution in [2.45, 2.75) is 57.3 Å². The van der Waals surface area contributed by atoms with Crippen LogP contribution in [0.25, 0.3) is 10.8 Å². The molecule has 0 bridgehead atoms. The molecule has 41 heavy (non-hydrogen) atoms. The molecule has 5 rings (SSSR count). The molecular weight excluding hydrogens is 512 g/mol. The molecule has 1 saturated heterocycles. The topological polar surface area (TPSA) is 80.6 Å². The molecule has 0 saturated carbocycles. The minimum atomic E-state index is -0.368. The fourth-order valence-electron chi connectivity index (χ4n) is 6.16. The average Bonchev–Trinajstić information content (AvgIpc) is 3.03. The van der Waals surface area contributed by atoms with Crippen molar-refractivity contribution >= 4 is 40.2 Å². The van der Waals surface area contributed by atoms with Gasteiger partial charge in [-0.1, -0.05) is 37.3 Å². The van der Waals surface area contributed by atoms with E-state index in [4.69, 9.17) is 9.98 Å². The van der Waals surface area contributed by atoms with Gasteiger partial charge >= 0.3 is 0 Å². The zero-order valence-corrected chi connectivity index (χ0v) is 24.3. The number of fused-ring (bicyclic) bond motifs is 2. The van der Waals surface area contributed by atoms with Crippen molar-refractivity contribution in [2.75, 3.05) is 32.1 Å². The Bertz CT molecular complexity index is 1430. The summed E-state index contributed by atoms with van der Waals surface area (Å²) < 4.78 is 0. The normalized spacial score (nSPS) is 19.3. The van der Waals surface area contributed by atoms with E-state index >= 15 is 0 Å². The first-order valence-corrected chi connectivity index (χ1v) is 14.6. The standard InChI is InChI=1S/C33H40N6O2/c1-5-7-11-29(32(41)34-3)37(4)28-13-12-26(27-10-8-9-24(22-40)31(27)28)23-14-18-38(19-15-23)30-17-21-39-20-16-25(6-2)35-33(39)36-30/h5,8-10,12-13,16-17,20-23,29,33H,1,6-7,11,14-15,18-19H2,2-4H3,(H,34,41). The lowest BCUT2D eigenvalue weighted by molar-refractivity contribution is -0.122. The van der Waals surface area contributed by atoms with Crippen LogP contribution >= 0.6 is 0 Å². The molecule has 8 heteroatoms. The SMILES string of the molecule is C=CCCC(C(=O)NC)N(C)c1ccc(C2CCN(C3=NC4N=C(CC)C=CN4C=C3)CC2)c2cccc(C=O)c12. The highest BCUT2D eigenvalue weighted by atomic mass is 16.2. The predicted molar refractivity (Wildman–Crippen MR) is 168 cm³/mol. The van der Waals surface area contributed by atoms with Crippen LogP contribution in [0.4, 0.5) is 5.69 Å². The molecule has 1 N–H and O–H groups in total. The van der Waals surface area contributed by atoms with Crippen LogP contribution in [0.15, 0.2) is 77.5 Å². The highest BCUT2D eigenvalue weighted by molar-refractivity contribution is 6.07. The number of amidine groups is 1. The van der Waals surface area contributed by atoms with E-state index in [1.807, 2.05) is 35.1 Å². The number of nitrogens with zero attached hydrogens (tertiary/aromatic N) is 5. The molecule has 2 atom stereocenters. The third-order valence-corrected chi connectivity index (χ3v) is 8.50. The molecule has 3 heterocycles. The van der Waals surface area contributed by atoms with Gasteiger partial charge in [-0.2, -0.15) is 0 Å². The van der Waals surface area contributed by atoms with E-state index in [0.717, 1.165) is 73.1 Å². The summed E-state index contributed by atoms with van der Waals surface area (Å²) in [5.41, 5.74) is 3.86. The predicted octanol–water partition coefficient (Wildman–Crippen LogP) is 5.24. The summed E-state index contributed by atoms with van der Waals surface area (Å²) in [6.45, 7) is 7.74. The van der Waals surface area contributed by atoms with Crippen LogP contribution in [0.1, 0.15) is 60.9 Å². The number of hydrogen-bond donors (Lipinski definition) is 1. The van der Waals surface area contributed by atoms with Crippen LogP contribution in [0.3, 0.4) is 0 Å². The lowest BCUT2D eigenvalue weighted by Crippen LogP contribution is -2.44. The minimum absolute atomic E-state index is 0.0498. The fourth-order valence-corrected chi connectivity index (χ4v) is 6.16. The van der Waals surface area contributed by atoms with Crippen molar-refractivity contribution in [3.05, 3.63) is 78.7 Å². The summed E-state index contributed by atoms with van der Waals surface area (Å²) in [5, 5.41) is 4.79. The largest absolute Gasteiger partial charge is 0.362 e. The zero-order valence-electron chi connectivity index (χ0n) is 24.3. The Labute approximate surface area is 242 Å². The van der Waals surface area contributed by atoms with Crippen molar-refractivity contribution in [2.24, 2.45) is 9.98 Å². The molecular formula is C33H40N6O2. The molecule has 2 aromatic carbocycles. The fraction of sp³-hybridized carbons (Fsp3) is 0.394. The van der Waals surface area contributed by atoms with E-state index in [9.17, 15) is 9.59 Å². The van der Waals surface area contributed by atoms with Crippen molar-refractivity contribution in [3.8, 4) is 0 Å². The van der Waals surface area contributed by atoms with Crippen LogP contribution in [0.2, 0.25) is 0 Å². The van der Waals surface area contributed by atoms with Gasteiger partial charge < -0.3 is 20.0 Å².